The molecule has 0 unspecified atom stereocenters. The van der Waals surface area contributed by atoms with E-state index in [-0.39, 0.29) is 18.1 Å². The number of amides is 1. The molecule has 0 radical (unpaired) electrons. The van der Waals surface area contributed by atoms with Crippen molar-refractivity contribution in [2.75, 3.05) is 40.5 Å². The summed E-state index contributed by atoms with van der Waals surface area (Å²) in [5, 5.41) is 0. The highest BCUT2D eigenvalue weighted by Crippen LogP contribution is 2.38. The first-order valence-corrected chi connectivity index (χ1v) is 14.5. The molecule has 2 aromatic carbocycles. The summed E-state index contributed by atoms with van der Waals surface area (Å²) in [7, 11) is 3.13. The number of ether oxygens (including phenoxy) is 4. The van der Waals surface area contributed by atoms with Crippen LogP contribution in [0.25, 0.3) is 6.08 Å². The third-order valence-electron chi connectivity index (χ3n) is 6.91. The van der Waals surface area contributed by atoms with E-state index >= 15 is 0 Å². The number of rotatable bonds is 11. The molecular weight excluding hydrogens is 554 g/mol. The highest BCUT2D eigenvalue weighted by molar-refractivity contribution is 7.07. The first kappa shape index (κ1) is 30.5. The Hall–Kier alpha value is -4.49. The minimum Gasteiger partial charge on any atom is -0.497 e. The van der Waals surface area contributed by atoms with Gasteiger partial charge in [-0.25, -0.2) is 4.99 Å². The SMILES string of the molecule is C#CCOc1ccc(/C=c2/sc3n(c2=O)[C@@H](c2cc(OC)ccc2OC)C(C(=O)N(CC)CC)=C(C)N=3)cc1OCC. The zero-order valence-corrected chi connectivity index (χ0v) is 25.5. The molecule has 0 fully saturated rings. The number of methoxy groups -OCH3 is 2. The van der Waals surface area contributed by atoms with E-state index in [1.54, 1.807) is 67.0 Å². The van der Waals surface area contributed by atoms with Crippen molar-refractivity contribution in [3.63, 3.8) is 0 Å². The van der Waals surface area contributed by atoms with Crippen LogP contribution in [0.4, 0.5) is 0 Å². The molecule has 4 rings (SSSR count). The Bertz CT molecular complexity index is 1730. The molecule has 0 saturated carbocycles. The molecule has 1 amide bonds. The van der Waals surface area contributed by atoms with Crippen molar-refractivity contribution in [1.82, 2.24) is 9.47 Å². The summed E-state index contributed by atoms with van der Waals surface area (Å²) in [4.78, 5) is 35.0. The van der Waals surface area contributed by atoms with Gasteiger partial charge in [-0.15, -0.1) is 6.42 Å². The van der Waals surface area contributed by atoms with Gasteiger partial charge in [0.1, 0.15) is 24.1 Å². The van der Waals surface area contributed by atoms with Crippen LogP contribution < -0.4 is 33.8 Å². The predicted molar refractivity (Wildman–Crippen MR) is 163 cm³/mol. The van der Waals surface area contributed by atoms with Crippen molar-refractivity contribution >= 4 is 23.3 Å². The Morgan fingerprint density at radius 3 is 2.45 bits per heavy atom. The molecule has 42 heavy (non-hydrogen) atoms. The number of benzene rings is 2. The van der Waals surface area contributed by atoms with Gasteiger partial charge in [0.2, 0.25) is 0 Å². The standard InChI is InChI=1S/C32H35N3O6S/c1-8-16-41-25-14-12-21(17-26(25)40-11-4)18-27-30(36)35-29(23-19-22(38-6)13-15-24(23)39-7)28(20(5)33-32(35)42-27)31(37)34(9-2)10-3/h1,12-15,17-19,29H,9-11,16H2,2-7H3/b27-18+/t29-/m0/s1. The van der Waals surface area contributed by atoms with Crippen LogP contribution in [0.2, 0.25) is 0 Å². The molecule has 9 nitrogen and oxygen atoms in total. The molecule has 1 atom stereocenters. The van der Waals surface area contributed by atoms with E-state index in [1.807, 2.05) is 26.8 Å². The lowest BCUT2D eigenvalue weighted by Crippen LogP contribution is -2.43. The summed E-state index contributed by atoms with van der Waals surface area (Å²) in [6.07, 6.45) is 7.13. The lowest BCUT2D eigenvalue weighted by molar-refractivity contribution is -0.127. The molecule has 0 bridgehead atoms. The number of hydrogen-bond acceptors (Lipinski definition) is 8. The lowest BCUT2D eigenvalue weighted by atomic mass is 9.93. The molecule has 1 aromatic heterocycles. The van der Waals surface area contributed by atoms with Crippen molar-refractivity contribution in [3.8, 4) is 35.3 Å². The van der Waals surface area contributed by atoms with Crippen LogP contribution in [0, 0.1) is 12.3 Å². The molecule has 0 aliphatic carbocycles. The summed E-state index contributed by atoms with van der Waals surface area (Å²) < 4.78 is 24.6. The minimum atomic E-state index is -0.778. The highest BCUT2D eigenvalue weighted by Gasteiger charge is 2.36. The Morgan fingerprint density at radius 1 is 1.07 bits per heavy atom. The van der Waals surface area contributed by atoms with Gasteiger partial charge >= 0.3 is 0 Å². The average molecular weight is 590 g/mol. The second-order valence-corrected chi connectivity index (χ2v) is 10.3. The molecule has 10 heteroatoms. The van der Waals surface area contributed by atoms with Crippen molar-refractivity contribution in [3.05, 3.63) is 78.5 Å². The number of carbonyl (C=O) groups excluding carboxylic acids is 1. The molecule has 2 heterocycles. The summed E-state index contributed by atoms with van der Waals surface area (Å²) in [5.74, 6) is 4.41. The molecule has 1 aliphatic heterocycles. The Kier molecular flexibility index (Phi) is 9.76. The Balaban J connectivity index is 1.96. The normalized spacial score (nSPS) is 14.5. The number of thiazole rings is 1. The number of allylic oxidation sites excluding steroid dienone is 1. The number of fused-ring (bicyclic) bond motifs is 1. The van der Waals surface area contributed by atoms with E-state index in [4.69, 9.17) is 30.4 Å². The van der Waals surface area contributed by atoms with Crippen LogP contribution in [0.5, 0.6) is 23.0 Å². The maximum absolute atomic E-state index is 14.1. The first-order chi connectivity index (χ1) is 20.3. The topological polar surface area (TPSA) is 91.6 Å². The lowest BCUT2D eigenvalue weighted by Gasteiger charge is -2.30. The number of likely N-dealkylation sites (N-methyl/N-ethyl adjacent to an activating group) is 1. The number of aromatic nitrogens is 1. The van der Waals surface area contributed by atoms with Crippen LogP contribution >= 0.6 is 11.3 Å². The zero-order valence-electron chi connectivity index (χ0n) is 24.7. The third-order valence-corrected chi connectivity index (χ3v) is 7.89. The average Bonchev–Trinajstić information content (AvgIpc) is 3.30. The van der Waals surface area contributed by atoms with Crippen LogP contribution in [0.1, 0.15) is 44.9 Å². The number of nitrogens with zero attached hydrogens (tertiary/aromatic N) is 3. The minimum absolute atomic E-state index is 0.111. The van der Waals surface area contributed by atoms with E-state index in [1.165, 1.54) is 11.3 Å². The van der Waals surface area contributed by atoms with Crippen LogP contribution in [0.3, 0.4) is 0 Å². The van der Waals surface area contributed by atoms with Crippen LogP contribution in [-0.4, -0.2) is 55.9 Å². The maximum atomic E-state index is 14.1. The molecule has 1 aliphatic rings. The molecule has 0 spiro atoms. The van der Waals surface area contributed by atoms with Crippen LogP contribution in [0.15, 0.2) is 57.5 Å². The predicted octanol–water partition coefficient (Wildman–Crippen LogP) is 3.53. The van der Waals surface area contributed by atoms with E-state index in [9.17, 15) is 9.59 Å². The van der Waals surface area contributed by atoms with Gasteiger partial charge in [-0.05, 0) is 69.7 Å². The monoisotopic (exact) mass is 589 g/mol. The fraction of sp³-hybridized carbons (Fsp3) is 0.344. The largest absolute Gasteiger partial charge is 0.497 e. The third kappa shape index (κ3) is 5.92. The second-order valence-electron chi connectivity index (χ2n) is 9.30. The smallest absolute Gasteiger partial charge is 0.271 e. The van der Waals surface area contributed by atoms with Gasteiger partial charge in [0.05, 0.1) is 36.6 Å². The number of terminal acetylenes is 1. The van der Waals surface area contributed by atoms with Gasteiger partial charge in [-0.2, -0.15) is 0 Å². The number of carbonyl (C=O) groups is 1. The van der Waals surface area contributed by atoms with Crippen molar-refractivity contribution in [1.29, 1.82) is 0 Å². The van der Waals surface area contributed by atoms with E-state index in [0.717, 1.165) is 5.56 Å². The summed E-state index contributed by atoms with van der Waals surface area (Å²) in [6.45, 7) is 9.10. The Morgan fingerprint density at radius 2 is 1.81 bits per heavy atom. The highest BCUT2D eigenvalue weighted by atomic mass is 32.1. The summed E-state index contributed by atoms with van der Waals surface area (Å²) >= 11 is 1.25. The first-order valence-electron chi connectivity index (χ1n) is 13.7. The quantitative estimate of drug-likeness (QED) is 0.318. The second kappa shape index (κ2) is 13.4. The van der Waals surface area contributed by atoms with Gasteiger partial charge in [-0.3, -0.25) is 14.2 Å². The van der Waals surface area contributed by atoms with Gasteiger partial charge in [0.25, 0.3) is 11.5 Å². The fourth-order valence-corrected chi connectivity index (χ4v) is 5.94. The van der Waals surface area contributed by atoms with Gasteiger partial charge in [-0.1, -0.05) is 23.3 Å². The van der Waals surface area contributed by atoms with Crippen LogP contribution in [-0.2, 0) is 4.79 Å². The maximum Gasteiger partial charge on any atom is 0.271 e. The molecule has 220 valence electrons. The van der Waals surface area contributed by atoms with Crippen molar-refractivity contribution < 1.29 is 23.7 Å². The van der Waals surface area contributed by atoms with Crippen molar-refractivity contribution in [2.24, 2.45) is 4.99 Å². The van der Waals surface area contributed by atoms with E-state index < -0.39 is 6.04 Å². The molecule has 0 N–H and O–H groups in total. The van der Waals surface area contributed by atoms with E-state index in [0.29, 0.717) is 68.9 Å². The Labute approximate surface area is 249 Å². The van der Waals surface area contributed by atoms with Gasteiger partial charge in [0.15, 0.2) is 16.3 Å². The summed E-state index contributed by atoms with van der Waals surface area (Å²) in [6, 6.07) is 9.98. The molecular formula is C32H35N3O6S. The number of hydrogen-bond donors (Lipinski definition) is 0. The molecule has 3 aromatic rings. The fourth-order valence-electron chi connectivity index (χ4n) is 4.90. The van der Waals surface area contributed by atoms with Gasteiger partial charge in [0, 0.05) is 18.7 Å². The summed E-state index contributed by atoms with van der Waals surface area (Å²) in [5.41, 5.74) is 2.04. The molecule has 0 saturated heterocycles. The van der Waals surface area contributed by atoms with Crippen molar-refractivity contribution in [2.45, 2.75) is 33.7 Å². The zero-order chi connectivity index (χ0) is 30.4. The van der Waals surface area contributed by atoms with Gasteiger partial charge < -0.3 is 23.8 Å². The van der Waals surface area contributed by atoms with E-state index in [2.05, 4.69) is 5.92 Å².